The molecule has 0 aromatic heterocycles. The molecule has 98 valence electrons. The van der Waals surface area contributed by atoms with Crippen LogP contribution in [0.3, 0.4) is 0 Å². The number of nitro benzene ring substituents is 1. The Hall–Kier alpha value is -1.82. The molecule has 1 aromatic carbocycles. The normalized spacial score (nSPS) is 17.2. The van der Waals surface area contributed by atoms with Crippen LogP contribution in [-0.4, -0.2) is 35.3 Å². The van der Waals surface area contributed by atoms with Crippen molar-refractivity contribution in [1.29, 1.82) is 0 Å². The summed E-state index contributed by atoms with van der Waals surface area (Å²) >= 11 is 0. The van der Waals surface area contributed by atoms with Gasteiger partial charge in [0, 0.05) is 30.9 Å². The van der Waals surface area contributed by atoms with Crippen molar-refractivity contribution >= 4 is 11.4 Å². The predicted molar refractivity (Wildman–Crippen MR) is 67.1 cm³/mol. The smallest absolute Gasteiger partial charge is 0.311 e. The van der Waals surface area contributed by atoms with Gasteiger partial charge in [0.05, 0.1) is 17.1 Å². The topological polar surface area (TPSA) is 75.8 Å². The number of anilines is 1. The SMILES string of the molecule is CCOc1cc(N2CC(C)(O)C2)ccc1[N+](=O)[O-]. The molecule has 0 aliphatic carbocycles. The van der Waals surface area contributed by atoms with E-state index >= 15 is 0 Å². The summed E-state index contributed by atoms with van der Waals surface area (Å²) in [5.41, 5.74) is 0.122. The average molecular weight is 252 g/mol. The quantitative estimate of drug-likeness (QED) is 0.650. The highest BCUT2D eigenvalue weighted by molar-refractivity contribution is 5.60. The van der Waals surface area contributed by atoms with Gasteiger partial charge in [0.2, 0.25) is 0 Å². The third kappa shape index (κ3) is 2.38. The van der Waals surface area contributed by atoms with Gasteiger partial charge < -0.3 is 14.7 Å². The van der Waals surface area contributed by atoms with E-state index in [1.54, 1.807) is 26.0 Å². The van der Waals surface area contributed by atoms with E-state index in [9.17, 15) is 15.2 Å². The number of nitro groups is 1. The Morgan fingerprint density at radius 1 is 1.56 bits per heavy atom. The third-order valence-corrected chi connectivity index (χ3v) is 2.87. The van der Waals surface area contributed by atoms with E-state index in [0.717, 1.165) is 5.69 Å². The molecule has 1 N–H and O–H groups in total. The van der Waals surface area contributed by atoms with Crippen molar-refractivity contribution in [3.05, 3.63) is 28.3 Å². The van der Waals surface area contributed by atoms with Gasteiger partial charge in [-0.2, -0.15) is 0 Å². The lowest BCUT2D eigenvalue weighted by Gasteiger charge is -2.45. The van der Waals surface area contributed by atoms with Crippen molar-refractivity contribution in [3.8, 4) is 5.75 Å². The van der Waals surface area contributed by atoms with Crippen LogP contribution in [0.5, 0.6) is 5.75 Å². The van der Waals surface area contributed by atoms with Crippen molar-refractivity contribution in [3.63, 3.8) is 0 Å². The van der Waals surface area contributed by atoms with E-state index in [-0.39, 0.29) is 11.4 Å². The zero-order chi connectivity index (χ0) is 13.3. The van der Waals surface area contributed by atoms with Crippen LogP contribution in [0.1, 0.15) is 13.8 Å². The van der Waals surface area contributed by atoms with Gasteiger partial charge in [-0.15, -0.1) is 0 Å². The molecular weight excluding hydrogens is 236 g/mol. The van der Waals surface area contributed by atoms with Crippen molar-refractivity contribution in [2.24, 2.45) is 0 Å². The largest absolute Gasteiger partial charge is 0.487 e. The van der Waals surface area contributed by atoms with Crippen LogP contribution in [0.15, 0.2) is 18.2 Å². The summed E-state index contributed by atoms with van der Waals surface area (Å²) in [7, 11) is 0. The fourth-order valence-electron chi connectivity index (χ4n) is 2.08. The maximum absolute atomic E-state index is 10.8. The molecule has 1 saturated heterocycles. The summed E-state index contributed by atoms with van der Waals surface area (Å²) in [6, 6.07) is 4.76. The van der Waals surface area contributed by atoms with Crippen LogP contribution < -0.4 is 9.64 Å². The van der Waals surface area contributed by atoms with Crippen LogP contribution in [0.4, 0.5) is 11.4 Å². The molecule has 1 heterocycles. The minimum atomic E-state index is -0.673. The lowest BCUT2D eigenvalue weighted by atomic mass is 9.96. The number of ether oxygens (including phenoxy) is 1. The summed E-state index contributed by atoms with van der Waals surface area (Å²) < 4.78 is 5.28. The number of hydrogen-bond donors (Lipinski definition) is 1. The lowest BCUT2D eigenvalue weighted by Crippen LogP contribution is -2.60. The molecular formula is C12H16N2O4. The zero-order valence-corrected chi connectivity index (χ0v) is 10.4. The van der Waals surface area contributed by atoms with E-state index in [4.69, 9.17) is 4.74 Å². The second-order valence-corrected chi connectivity index (χ2v) is 4.70. The van der Waals surface area contributed by atoms with Crippen molar-refractivity contribution in [1.82, 2.24) is 0 Å². The maximum atomic E-state index is 10.8. The summed E-state index contributed by atoms with van der Waals surface area (Å²) in [6.45, 7) is 4.97. The summed E-state index contributed by atoms with van der Waals surface area (Å²) in [6.07, 6.45) is 0. The van der Waals surface area contributed by atoms with Gasteiger partial charge in [-0.3, -0.25) is 10.1 Å². The molecule has 0 saturated carbocycles. The number of hydrogen-bond acceptors (Lipinski definition) is 5. The molecule has 2 rings (SSSR count). The summed E-state index contributed by atoms with van der Waals surface area (Å²) in [5, 5.41) is 20.5. The number of benzene rings is 1. The van der Waals surface area contributed by atoms with Crippen molar-refractivity contribution in [2.45, 2.75) is 19.4 Å². The molecule has 0 atom stereocenters. The Balaban J connectivity index is 2.24. The van der Waals surface area contributed by atoms with E-state index in [0.29, 0.717) is 19.7 Å². The first-order valence-corrected chi connectivity index (χ1v) is 5.81. The standard InChI is InChI=1S/C12H16N2O4/c1-3-18-11-6-9(4-5-10(11)14(16)17)13-7-12(2,15)8-13/h4-6,15H,3,7-8H2,1-2H3. The van der Waals surface area contributed by atoms with Crippen molar-refractivity contribution in [2.75, 3.05) is 24.6 Å². The van der Waals surface area contributed by atoms with Gasteiger partial charge in [0.25, 0.3) is 0 Å². The molecule has 0 amide bonds. The number of aliphatic hydroxyl groups is 1. The molecule has 6 heteroatoms. The Bertz CT molecular complexity index is 465. The first kappa shape index (κ1) is 12.6. The third-order valence-electron chi connectivity index (χ3n) is 2.87. The van der Waals surface area contributed by atoms with Crippen LogP contribution >= 0.6 is 0 Å². The maximum Gasteiger partial charge on any atom is 0.311 e. The minimum absolute atomic E-state index is 0.0344. The molecule has 18 heavy (non-hydrogen) atoms. The lowest BCUT2D eigenvalue weighted by molar-refractivity contribution is -0.385. The highest BCUT2D eigenvalue weighted by Gasteiger charge is 2.37. The van der Waals surface area contributed by atoms with E-state index in [2.05, 4.69) is 0 Å². The Morgan fingerprint density at radius 3 is 2.72 bits per heavy atom. The Kier molecular flexibility index (Phi) is 3.13. The van der Waals surface area contributed by atoms with Gasteiger partial charge >= 0.3 is 5.69 Å². The number of nitrogens with zero attached hydrogens (tertiary/aromatic N) is 2. The van der Waals surface area contributed by atoms with Gasteiger partial charge in [-0.1, -0.05) is 0 Å². The van der Waals surface area contributed by atoms with Crippen LogP contribution in [-0.2, 0) is 0 Å². The van der Waals surface area contributed by atoms with E-state index in [1.807, 2.05) is 4.90 Å². The molecule has 1 aliphatic rings. The summed E-state index contributed by atoms with van der Waals surface area (Å²) in [5.74, 6) is 0.270. The Labute approximate surface area is 105 Å². The molecule has 1 fully saturated rings. The minimum Gasteiger partial charge on any atom is -0.487 e. The summed E-state index contributed by atoms with van der Waals surface area (Å²) in [4.78, 5) is 12.3. The molecule has 6 nitrogen and oxygen atoms in total. The second-order valence-electron chi connectivity index (χ2n) is 4.70. The zero-order valence-electron chi connectivity index (χ0n) is 10.4. The molecule has 0 radical (unpaired) electrons. The molecule has 0 unspecified atom stereocenters. The van der Waals surface area contributed by atoms with Gasteiger partial charge in [-0.05, 0) is 19.9 Å². The Morgan fingerprint density at radius 2 is 2.22 bits per heavy atom. The molecule has 0 spiro atoms. The predicted octanol–water partition coefficient (Wildman–Crippen LogP) is 1.56. The molecule has 0 bridgehead atoms. The molecule has 1 aliphatic heterocycles. The molecule has 1 aromatic rings. The van der Waals surface area contributed by atoms with Gasteiger partial charge in [-0.25, -0.2) is 0 Å². The van der Waals surface area contributed by atoms with E-state index in [1.165, 1.54) is 6.07 Å². The average Bonchev–Trinajstić information content (AvgIpc) is 2.25. The second kappa shape index (κ2) is 4.45. The monoisotopic (exact) mass is 252 g/mol. The highest BCUT2D eigenvalue weighted by atomic mass is 16.6. The van der Waals surface area contributed by atoms with Crippen LogP contribution in [0.2, 0.25) is 0 Å². The highest BCUT2D eigenvalue weighted by Crippen LogP contribution is 2.35. The fourth-order valence-corrected chi connectivity index (χ4v) is 2.08. The van der Waals surface area contributed by atoms with Crippen LogP contribution in [0.25, 0.3) is 0 Å². The van der Waals surface area contributed by atoms with Crippen molar-refractivity contribution < 1.29 is 14.8 Å². The van der Waals surface area contributed by atoms with Gasteiger partial charge in [0.15, 0.2) is 5.75 Å². The van der Waals surface area contributed by atoms with Gasteiger partial charge in [0.1, 0.15) is 0 Å². The van der Waals surface area contributed by atoms with E-state index < -0.39 is 10.5 Å². The number of rotatable bonds is 4. The number of β-amino-alcohol motifs (C(OH)–C–C–N with tert-alkyl or cyclic N) is 1. The van der Waals surface area contributed by atoms with Crippen LogP contribution in [0, 0.1) is 10.1 Å². The first-order valence-electron chi connectivity index (χ1n) is 5.81. The first-order chi connectivity index (χ1) is 8.43. The fraction of sp³-hybridized carbons (Fsp3) is 0.500.